The monoisotopic (exact) mass is 309 g/mol. The van der Waals surface area contributed by atoms with E-state index in [2.05, 4.69) is 18.2 Å². The number of allylic oxidation sites excluding steroid dienone is 7. The average Bonchev–Trinajstić information content (AvgIpc) is 2.92. The van der Waals surface area contributed by atoms with Crippen LogP contribution >= 0.6 is 0 Å². The third-order valence-corrected chi connectivity index (χ3v) is 3.12. The molecule has 2 rings (SSSR count). The van der Waals surface area contributed by atoms with Gasteiger partial charge >= 0.3 is 0 Å². The first kappa shape index (κ1) is 18.5. The van der Waals surface area contributed by atoms with Crippen molar-refractivity contribution in [3.63, 3.8) is 0 Å². The van der Waals surface area contributed by atoms with Crippen LogP contribution in [0.5, 0.6) is 0 Å². The first-order chi connectivity index (χ1) is 11.2. The molecule has 2 aromatic heterocycles. The maximum atomic E-state index is 5.91. The Labute approximate surface area is 139 Å². The quantitative estimate of drug-likeness (QED) is 0.756. The molecule has 122 valence electrons. The summed E-state index contributed by atoms with van der Waals surface area (Å²) in [6, 6.07) is 3.81. The molecule has 3 nitrogen and oxygen atoms in total. The Morgan fingerprint density at radius 1 is 1.13 bits per heavy atom. The SMILES string of the molecule is CC.C\C=C/C=C(\C=C/C)c1nn2ccc(N)cc2c1/C=C/C. The molecule has 0 bridgehead atoms. The highest BCUT2D eigenvalue weighted by molar-refractivity contribution is 5.85. The first-order valence-corrected chi connectivity index (χ1v) is 8.07. The number of pyridine rings is 1. The largest absolute Gasteiger partial charge is 0.399 e. The molecule has 0 aliphatic rings. The summed E-state index contributed by atoms with van der Waals surface area (Å²) in [5, 5.41) is 4.70. The van der Waals surface area contributed by atoms with Gasteiger partial charge in [-0.25, -0.2) is 4.52 Å². The van der Waals surface area contributed by atoms with Crippen LogP contribution in [-0.4, -0.2) is 9.61 Å². The molecule has 0 atom stereocenters. The van der Waals surface area contributed by atoms with E-state index in [0.717, 1.165) is 28.0 Å². The fourth-order valence-electron chi connectivity index (χ4n) is 2.22. The Balaban J connectivity index is 0.00000127. The lowest BCUT2D eigenvalue weighted by Crippen LogP contribution is -1.90. The highest BCUT2D eigenvalue weighted by Crippen LogP contribution is 2.26. The molecule has 0 aliphatic carbocycles. The van der Waals surface area contributed by atoms with Crippen molar-refractivity contribution >= 4 is 22.9 Å². The fourth-order valence-corrected chi connectivity index (χ4v) is 2.22. The van der Waals surface area contributed by atoms with Gasteiger partial charge in [-0.05, 0) is 32.9 Å². The molecule has 23 heavy (non-hydrogen) atoms. The van der Waals surface area contributed by atoms with Crippen molar-refractivity contribution in [2.45, 2.75) is 34.6 Å². The van der Waals surface area contributed by atoms with Gasteiger partial charge < -0.3 is 5.73 Å². The molecule has 2 aromatic rings. The third kappa shape index (κ3) is 4.46. The number of hydrogen-bond acceptors (Lipinski definition) is 2. The molecule has 0 saturated heterocycles. The number of nitrogen functional groups attached to an aromatic ring is 1. The Morgan fingerprint density at radius 3 is 2.48 bits per heavy atom. The van der Waals surface area contributed by atoms with Crippen LogP contribution in [0.1, 0.15) is 45.9 Å². The molecule has 3 heteroatoms. The van der Waals surface area contributed by atoms with E-state index in [1.165, 1.54) is 0 Å². The minimum absolute atomic E-state index is 0.740. The second kappa shape index (κ2) is 9.46. The van der Waals surface area contributed by atoms with Gasteiger partial charge in [-0.15, -0.1) is 0 Å². The molecular weight excluding hydrogens is 282 g/mol. The van der Waals surface area contributed by atoms with Crippen molar-refractivity contribution in [1.82, 2.24) is 9.61 Å². The van der Waals surface area contributed by atoms with Crippen LogP contribution in [0.4, 0.5) is 5.69 Å². The second-order valence-electron chi connectivity index (χ2n) is 4.70. The summed E-state index contributed by atoms with van der Waals surface area (Å²) in [5.74, 6) is 0. The number of nitrogens with zero attached hydrogens (tertiary/aromatic N) is 2. The molecule has 0 unspecified atom stereocenters. The third-order valence-electron chi connectivity index (χ3n) is 3.12. The van der Waals surface area contributed by atoms with Crippen molar-refractivity contribution < 1.29 is 0 Å². The second-order valence-corrected chi connectivity index (χ2v) is 4.70. The van der Waals surface area contributed by atoms with Crippen LogP contribution in [0.3, 0.4) is 0 Å². The summed E-state index contributed by atoms with van der Waals surface area (Å²) in [5.41, 5.74) is 10.8. The number of fused-ring (bicyclic) bond motifs is 1. The molecule has 0 radical (unpaired) electrons. The summed E-state index contributed by atoms with van der Waals surface area (Å²) in [6.45, 7) is 10.0. The van der Waals surface area contributed by atoms with Crippen molar-refractivity contribution in [3.05, 3.63) is 66.0 Å². The van der Waals surface area contributed by atoms with Crippen LogP contribution in [0, 0.1) is 0 Å². The van der Waals surface area contributed by atoms with E-state index in [1.807, 2.05) is 81.8 Å². The number of rotatable bonds is 4. The lowest BCUT2D eigenvalue weighted by molar-refractivity contribution is 0.952. The first-order valence-electron chi connectivity index (χ1n) is 8.07. The highest BCUT2D eigenvalue weighted by Gasteiger charge is 2.12. The molecule has 0 aromatic carbocycles. The van der Waals surface area contributed by atoms with Crippen LogP contribution in [0.2, 0.25) is 0 Å². The predicted octanol–water partition coefficient (Wildman–Crippen LogP) is 5.51. The Morgan fingerprint density at radius 2 is 1.87 bits per heavy atom. The highest BCUT2D eigenvalue weighted by atomic mass is 15.2. The van der Waals surface area contributed by atoms with E-state index in [0.29, 0.717) is 0 Å². The van der Waals surface area contributed by atoms with Gasteiger partial charge in [0.1, 0.15) is 5.69 Å². The van der Waals surface area contributed by atoms with E-state index in [4.69, 9.17) is 10.8 Å². The molecule has 0 spiro atoms. The smallest absolute Gasteiger partial charge is 0.101 e. The minimum atomic E-state index is 0.740. The van der Waals surface area contributed by atoms with Gasteiger partial charge in [-0.2, -0.15) is 5.10 Å². The van der Waals surface area contributed by atoms with Crippen LogP contribution in [-0.2, 0) is 0 Å². The van der Waals surface area contributed by atoms with E-state index < -0.39 is 0 Å². The molecule has 0 aliphatic heterocycles. The molecule has 2 N–H and O–H groups in total. The zero-order chi connectivity index (χ0) is 17.2. The Kier molecular flexibility index (Phi) is 7.61. The normalized spacial score (nSPS) is 12.5. The van der Waals surface area contributed by atoms with Gasteiger partial charge in [0.25, 0.3) is 0 Å². The molecule has 0 fully saturated rings. The van der Waals surface area contributed by atoms with Gasteiger partial charge in [-0.3, -0.25) is 0 Å². The topological polar surface area (TPSA) is 43.3 Å². The van der Waals surface area contributed by atoms with E-state index in [9.17, 15) is 0 Å². The molecule has 0 amide bonds. The van der Waals surface area contributed by atoms with Gasteiger partial charge in [0, 0.05) is 23.0 Å². The fraction of sp³-hybridized carbons (Fsp3) is 0.250. The Bertz CT molecular complexity index is 744. The maximum Gasteiger partial charge on any atom is 0.101 e. The van der Waals surface area contributed by atoms with E-state index in [1.54, 1.807) is 0 Å². The molecule has 2 heterocycles. The lowest BCUT2D eigenvalue weighted by atomic mass is 10.0. The maximum absolute atomic E-state index is 5.91. The lowest BCUT2D eigenvalue weighted by Gasteiger charge is -1.99. The van der Waals surface area contributed by atoms with Gasteiger partial charge in [0.05, 0.1) is 5.52 Å². The van der Waals surface area contributed by atoms with Gasteiger partial charge in [-0.1, -0.05) is 56.4 Å². The number of hydrogen-bond donors (Lipinski definition) is 1. The van der Waals surface area contributed by atoms with Gasteiger partial charge in [0.15, 0.2) is 0 Å². The summed E-state index contributed by atoms with van der Waals surface area (Å²) >= 11 is 0. The summed E-state index contributed by atoms with van der Waals surface area (Å²) in [4.78, 5) is 0. The molecular formula is C20H27N3. The van der Waals surface area contributed by atoms with E-state index >= 15 is 0 Å². The van der Waals surface area contributed by atoms with Crippen molar-refractivity contribution in [2.75, 3.05) is 5.73 Å². The van der Waals surface area contributed by atoms with Crippen LogP contribution in [0.15, 0.2) is 54.8 Å². The van der Waals surface area contributed by atoms with Crippen molar-refractivity contribution in [2.24, 2.45) is 0 Å². The van der Waals surface area contributed by atoms with E-state index in [-0.39, 0.29) is 0 Å². The molecule has 0 saturated carbocycles. The zero-order valence-corrected chi connectivity index (χ0v) is 14.7. The van der Waals surface area contributed by atoms with Gasteiger partial charge in [0.2, 0.25) is 0 Å². The number of nitrogens with two attached hydrogens (primary N) is 1. The number of anilines is 1. The van der Waals surface area contributed by atoms with Crippen LogP contribution in [0.25, 0.3) is 17.2 Å². The van der Waals surface area contributed by atoms with Crippen molar-refractivity contribution in [3.8, 4) is 0 Å². The number of aromatic nitrogens is 2. The Hall–Kier alpha value is -2.55. The van der Waals surface area contributed by atoms with Crippen LogP contribution < -0.4 is 5.73 Å². The summed E-state index contributed by atoms with van der Waals surface area (Å²) < 4.78 is 1.87. The average molecular weight is 309 g/mol. The summed E-state index contributed by atoms with van der Waals surface area (Å²) in [6.07, 6.45) is 16.2. The summed E-state index contributed by atoms with van der Waals surface area (Å²) in [7, 11) is 0. The zero-order valence-electron chi connectivity index (χ0n) is 14.7. The van der Waals surface area contributed by atoms with Crippen molar-refractivity contribution in [1.29, 1.82) is 0 Å². The minimum Gasteiger partial charge on any atom is -0.399 e. The standard InChI is InChI=1S/C18H21N3.C2H6/c1-4-7-10-14(8-5-2)18-16(9-6-3)17-13-15(19)11-12-21(17)20-18;1-2/h4-13H,19H2,1-3H3;1-2H3/b7-4-,8-5-,9-6+,14-10+;. The predicted molar refractivity (Wildman–Crippen MR) is 103 cm³/mol.